The number of nitrogens with zero attached hydrogens (tertiary/aromatic N) is 1. The van der Waals surface area contributed by atoms with E-state index in [0.29, 0.717) is 29.8 Å². The average Bonchev–Trinajstić information content (AvgIpc) is 2.83. The third kappa shape index (κ3) is 5.44. The number of hydrogen-bond donors (Lipinski definition) is 2. The third-order valence-corrected chi connectivity index (χ3v) is 7.90. The van der Waals surface area contributed by atoms with Crippen molar-refractivity contribution >= 4 is 17.3 Å². The van der Waals surface area contributed by atoms with Crippen LogP contribution in [0.1, 0.15) is 77.6 Å². The van der Waals surface area contributed by atoms with Crippen LogP contribution in [-0.2, 0) is 4.79 Å². The molecule has 1 aromatic carbocycles. The molecule has 1 aliphatic heterocycles. The van der Waals surface area contributed by atoms with Crippen LogP contribution in [0, 0.1) is 17.8 Å². The Bertz CT molecular complexity index is 883. The summed E-state index contributed by atoms with van der Waals surface area (Å²) in [5.41, 5.74) is 1.96. The van der Waals surface area contributed by atoms with Gasteiger partial charge in [0.2, 0.25) is 5.91 Å². The lowest BCUT2D eigenvalue weighted by Crippen LogP contribution is -2.45. The number of amides is 1. The van der Waals surface area contributed by atoms with E-state index in [2.05, 4.69) is 28.5 Å². The van der Waals surface area contributed by atoms with Crippen LogP contribution in [0.15, 0.2) is 21.2 Å². The van der Waals surface area contributed by atoms with Crippen LogP contribution in [0.3, 0.4) is 0 Å². The van der Waals surface area contributed by atoms with E-state index in [-0.39, 0.29) is 22.7 Å². The average molecular weight is 442 g/mol. The molecule has 6 nitrogen and oxygen atoms in total. The number of hydrogen-bond acceptors (Lipinski definition) is 5. The summed E-state index contributed by atoms with van der Waals surface area (Å²) in [6, 6.07) is 0. The number of nitrogens with one attached hydrogen (secondary N) is 2. The minimum absolute atomic E-state index is 0.114. The molecule has 0 bridgehead atoms. The molecule has 6 heteroatoms. The first-order valence-electron chi connectivity index (χ1n) is 12.8. The molecule has 0 radical (unpaired) electrons. The largest absolute Gasteiger partial charge is 0.380 e. The first kappa shape index (κ1) is 23.1. The highest BCUT2D eigenvalue weighted by atomic mass is 16.2. The van der Waals surface area contributed by atoms with Crippen molar-refractivity contribution in [3.8, 4) is 0 Å². The fourth-order valence-electron chi connectivity index (χ4n) is 5.58. The van der Waals surface area contributed by atoms with Gasteiger partial charge in [-0.1, -0.05) is 18.6 Å². The lowest BCUT2D eigenvalue weighted by molar-refractivity contribution is -0.126. The molecule has 176 valence electrons. The molecule has 1 heterocycles. The molecule has 2 N–H and O–H groups in total. The van der Waals surface area contributed by atoms with Crippen molar-refractivity contribution in [2.75, 3.05) is 36.4 Å². The van der Waals surface area contributed by atoms with E-state index in [1.54, 1.807) is 0 Å². The van der Waals surface area contributed by atoms with Crippen LogP contribution < -0.4 is 26.4 Å². The van der Waals surface area contributed by atoms with Crippen LogP contribution in [-0.4, -0.2) is 32.1 Å². The monoisotopic (exact) mass is 441 g/mol. The van der Waals surface area contributed by atoms with Gasteiger partial charge >= 0.3 is 0 Å². The van der Waals surface area contributed by atoms with Gasteiger partial charge in [-0.15, -0.1) is 0 Å². The summed E-state index contributed by atoms with van der Waals surface area (Å²) >= 11 is 0. The van der Waals surface area contributed by atoms with Gasteiger partial charge in [-0.25, -0.2) is 0 Å². The van der Waals surface area contributed by atoms with E-state index >= 15 is 0 Å². The molecule has 3 aliphatic rings. The summed E-state index contributed by atoms with van der Waals surface area (Å²) in [5, 5.41) is 6.45. The Morgan fingerprint density at radius 1 is 1.03 bits per heavy atom. The maximum atomic E-state index is 12.5. The lowest BCUT2D eigenvalue weighted by atomic mass is 9.81. The van der Waals surface area contributed by atoms with Gasteiger partial charge in [0.15, 0.2) is 0 Å². The number of piperidine rings is 1. The quantitative estimate of drug-likeness (QED) is 0.475. The van der Waals surface area contributed by atoms with Gasteiger partial charge < -0.3 is 15.5 Å². The Morgan fingerprint density at radius 2 is 1.78 bits per heavy atom. The first-order chi connectivity index (χ1) is 15.5. The fourth-order valence-corrected chi connectivity index (χ4v) is 5.58. The van der Waals surface area contributed by atoms with Crippen LogP contribution >= 0.6 is 0 Å². The SMILES string of the molecule is CC1CCN(c2c(NCC3CCC(C(=O)NCCC4=CCCCC4)CC3)c(=O)c2=O)CC1. The standard InChI is InChI=1S/C26H39N3O3/c1-18-12-15-29(16-13-18)23-22(24(30)25(23)31)28-17-20-7-9-21(10-8-20)26(32)27-14-11-19-5-3-2-4-6-19/h5,18,20-21,28H,2-4,6-17H2,1H3,(H,27,32). The molecule has 0 unspecified atom stereocenters. The molecule has 0 spiro atoms. The van der Waals surface area contributed by atoms with Crippen molar-refractivity contribution in [1.82, 2.24) is 5.32 Å². The molecule has 0 aromatic heterocycles. The summed E-state index contributed by atoms with van der Waals surface area (Å²) < 4.78 is 0. The van der Waals surface area contributed by atoms with Crippen LogP contribution in [0.4, 0.5) is 11.4 Å². The highest BCUT2D eigenvalue weighted by Gasteiger charge is 2.30. The molecule has 2 fully saturated rings. The van der Waals surface area contributed by atoms with Gasteiger partial charge in [0.05, 0.1) is 0 Å². The second-order valence-corrected chi connectivity index (χ2v) is 10.3. The molecule has 2 aliphatic carbocycles. The molecule has 1 aromatic rings. The molecule has 1 saturated carbocycles. The zero-order valence-corrected chi connectivity index (χ0v) is 19.6. The van der Waals surface area contributed by atoms with Gasteiger partial charge in [-0.05, 0) is 82.5 Å². The molecule has 1 saturated heterocycles. The van der Waals surface area contributed by atoms with Crippen molar-refractivity contribution in [3.05, 3.63) is 32.1 Å². The summed E-state index contributed by atoms with van der Waals surface area (Å²) in [4.78, 5) is 39.0. The fraction of sp³-hybridized carbons (Fsp3) is 0.731. The minimum Gasteiger partial charge on any atom is -0.380 e. The smallest absolute Gasteiger partial charge is 0.253 e. The Labute approximate surface area is 191 Å². The third-order valence-electron chi connectivity index (χ3n) is 7.90. The normalized spacial score (nSPS) is 24.9. The molecular weight excluding hydrogens is 402 g/mol. The summed E-state index contributed by atoms with van der Waals surface area (Å²) in [7, 11) is 0. The number of allylic oxidation sites excluding steroid dienone is 1. The van der Waals surface area contributed by atoms with E-state index in [4.69, 9.17) is 0 Å². The summed E-state index contributed by atoms with van der Waals surface area (Å²) in [6.45, 7) is 5.43. The zero-order valence-electron chi connectivity index (χ0n) is 19.6. The van der Waals surface area contributed by atoms with E-state index in [0.717, 1.165) is 64.6 Å². The first-order valence-corrected chi connectivity index (χ1v) is 12.8. The molecule has 4 rings (SSSR count). The minimum atomic E-state index is -0.361. The maximum absolute atomic E-state index is 12.5. The highest BCUT2D eigenvalue weighted by Crippen LogP contribution is 2.31. The Kier molecular flexibility index (Phi) is 7.69. The van der Waals surface area contributed by atoms with E-state index < -0.39 is 0 Å². The Morgan fingerprint density at radius 3 is 2.47 bits per heavy atom. The summed E-state index contributed by atoms with van der Waals surface area (Å²) in [6.07, 6.45) is 14.2. The lowest BCUT2D eigenvalue weighted by Gasteiger charge is -2.34. The van der Waals surface area contributed by atoms with Gasteiger partial charge in [0.25, 0.3) is 10.9 Å². The number of carbonyl (C=O) groups is 1. The van der Waals surface area contributed by atoms with Crippen molar-refractivity contribution in [2.24, 2.45) is 17.8 Å². The predicted octanol–water partition coefficient (Wildman–Crippen LogP) is 3.74. The van der Waals surface area contributed by atoms with Crippen LogP contribution in [0.5, 0.6) is 0 Å². The Balaban J connectivity index is 1.18. The molecular formula is C26H39N3O3. The number of anilines is 2. The van der Waals surface area contributed by atoms with Gasteiger partial charge in [0.1, 0.15) is 11.4 Å². The molecule has 1 amide bonds. The second kappa shape index (κ2) is 10.7. The molecule has 0 atom stereocenters. The van der Waals surface area contributed by atoms with Crippen molar-refractivity contribution in [1.29, 1.82) is 0 Å². The summed E-state index contributed by atoms with van der Waals surface area (Å²) in [5.74, 6) is 1.46. The van der Waals surface area contributed by atoms with Gasteiger partial charge in [-0.3, -0.25) is 14.4 Å². The number of rotatable bonds is 8. The Hall–Kier alpha value is -2.11. The van der Waals surface area contributed by atoms with Crippen molar-refractivity contribution in [3.63, 3.8) is 0 Å². The van der Waals surface area contributed by atoms with E-state index in [1.165, 1.54) is 31.3 Å². The van der Waals surface area contributed by atoms with E-state index in [1.807, 2.05) is 0 Å². The van der Waals surface area contributed by atoms with Crippen molar-refractivity contribution < 1.29 is 4.79 Å². The topological polar surface area (TPSA) is 78.5 Å². The van der Waals surface area contributed by atoms with Gasteiger partial charge in [0, 0.05) is 32.1 Å². The van der Waals surface area contributed by atoms with Gasteiger partial charge in [-0.2, -0.15) is 0 Å². The predicted molar refractivity (Wildman–Crippen MR) is 130 cm³/mol. The zero-order chi connectivity index (χ0) is 22.5. The van der Waals surface area contributed by atoms with Crippen molar-refractivity contribution in [2.45, 2.75) is 77.6 Å². The highest BCUT2D eigenvalue weighted by molar-refractivity contribution is 5.78. The second-order valence-electron chi connectivity index (χ2n) is 10.3. The maximum Gasteiger partial charge on any atom is 0.253 e. The molecule has 32 heavy (non-hydrogen) atoms. The van der Waals surface area contributed by atoms with Crippen LogP contribution in [0.2, 0.25) is 0 Å². The van der Waals surface area contributed by atoms with E-state index in [9.17, 15) is 14.4 Å². The number of carbonyl (C=O) groups excluding carboxylic acids is 1. The van der Waals surface area contributed by atoms with Crippen LogP contribution in [0.25, 0.3) is 0 Å².